The molecule has 1 aliphatic heterocycles. The second kappa shape index (κ2) is 12.9. The molecule has 3 unspecified atom stereocenters. The summed E-state index contributed by atoms with van der Waals surface area (Å²) < 4.78 is 5.22. The van der Waals surface area contributed by atoms with Crippen LogP contribution in [0.1, 0.15) is 34.3 Å². The van der Waals surface area contributed by atoms with Crippen molar-refractivity contribution in [2.24, 2.45) is 5.92 Å². The summed E-state index contributed by atoms with van der Waals surface area (Å²) in [7, 11) is 1.66. The van der Waals surface area contributed by atoms with Gasteiger partial charge in [0.2, 0.25) is 0 Å². The van der Waals surface area contributed by atoms with Crippen LogP contribution < -0.4 is 15.4 Å². The highest BCUT2D eigenvalue weighted by Crippen LogP contribution is 2.26. The van der Waals surface area contributed by atoms with Crippen LogP contribution >= 0.6 is 0 Å². The fourth-order valence-electron chi connectivity index (χ4n) is 5.48. The SMILES string of the molecule is COc1ccc(CNCC(O)CN2CCC(Cc3ccccc3)CC2NC(=O)c2ccc3[nH]ccc3c2)cc1. The van der Waals surface area contributed by atoms with E-state index in [9.17, 15) is 9.90 Å². The Hall–Kier alpha value is -3.65. The number of carbonyl (C=O) groups is 1. The van der Waals surface area contributed by atoms with Gasteiger partial charge in [-0.1, -0.05) is 42.5 Å². The molecule has 0 bridgehead atoms. The van der Waals surface area contributed by atoms with Crippen LogP contribution in [-0.4, -0.2) is 59.9 Å². The molecule has 0 spiro atoms. The third-order valence-electron chi connectivity index (χ3n) is 7.62. The van der Waals surface area contributed by atoms with E-state index in [1.807, 2.05) is 60.8 Å². The number of likely N-dealkylation sites (tertiary alicyclic amines) is 1. The molecule has 3 atom stereocenters. The molecule has 0 aliphatic carbocycles. The van der Waals surface area contributed by atoms with Crippen LogP contribution in [0.3, 0.4) is 0 Å². The van der Waals surface area contributed by atoms with Crippen LogP contribution in [0.4, 0.5) is 0 Å². The Bertz CT molecular complexity index is 1340. The predicted octanol–water partition coefficient (Wildman–Crippen LogP) is 4.34. The van der Waals surface area contributed by atoms with Gasteiger partial charge in [-0.05, 0) is 72.7 Å². The van der Waals surface area contributed by atoms with Crippen molar-refractivity contribution in [3.05, 3.63) is 102 Å². The predicted molar refractivity (Wildman–Crippen MR) is 155 cm³/mol. The molecule has 204 valence electrons. The van der Waals surface area contributed by atoms with E-state index >= 15 is 0 Å². The zero-order chi connectivity index (χ0) is 27.0. The van der Waals surface area contributed by atoms with Gasteiger partial charge in [-0.15, -0.1) is 0 Å². The molecule has 2 heterocycles. The van der Waals surface area contributed by atoms with E-state index in [0.29, 0.717) is 31.1 Å². The number of β-amino-alcohol motifs (C(OH)–C–C–N with tert-alkyl or cyclic N) is 1. The van der Waals surface area contributed by atoms with Gasteiger partial charge in [-0.2, -0.15) is 0 Å². The molecule has 7 nitrogen and oxygen atoms in total. The van der Waals surface area contributed by atoms with Crippen molar-refractivity contribution >= 4 is 16.8 Å². The van der Waals surface area contributed by atoms with Crippen molar-refractivity contribution in [3.8, 4) is 5.75 Å². The Balaban J connectivity index is 1.21. The summed E-state index contributed by atoms with van der Waals surface area (Å²) in [5, 5.41) is 18.6. The van der Waals surface area contributed by atoms with Crippen LogP contribution in [0.5, 0.6) is 5.75 Å². The number of hydrogen-bond donors (Lipinski definition) is 4. The minimum Gasteiger partial charge on any atom is -0.497 e. The van der Waals surface area contributed by atoms with E-state index in [-0.39, 0.29) is 12.1 Å². The molecule has 4 aromatic rings. The van der Waals surface area contributed by atoms with E-state index in [4.69, 9.17) is 4.74 Å². The maximum atomic E-state index is 13.3. The number of hydrogen-bond acceptors (Lipinski definition) is 5. The number of H-pyrrole nitrogens is 1. The zero-order valence-corrected chi connectivity index (χ0v) is 22.5. The highest BCUT2D eigenvalue weighted by molar-refractivity contribution is 5.98. The fourth-order valence-corrected chi connectivity index (χ4v) is 5.48. The summed E-state index contributed by atoms with van der Waals surface area (Å²) in [6.45, 7) is 2.47. The number of rotatable bonds is 11. The van der Waals surface area contributed by atoms with Crippen LogP contribution in [0.2, 0.25) is 0 Å². The van der Waals surface area contributed by atoms with E-state index in [1.54, 1.807) is 7.11 Å². The van der Waals surface area contributed by atoms with Crippen molar-refractivity contribution in [2.75, 3.05) is 26.7 Å². The maximum absolute atomic E-state index is 13.3. The monoisotopic (exact) mass is 526 g/mol. The summed E-state index contributed by atoms with van der Waals surface area (Å²) >= 11 is 0. The third-order valence-corrected chi connectivity index (χ3v) is 7.62. The topological polar surface area (TPSA) is 89.6 Å². The summed E-state index contributed by atoms with van der Waals surface area (Å²) in [5.41, 5.74) is 4.11. The molecule has 1 amide bonds. The first-order valence-corrected chi connectivity index (χ1v) is 13.7. The lowest BCUT2D eigenvalue weighted by molar-refractivity contribution is 0.0347. The highest BCUT2D eigenvalue weighted by atomic mass is 16.5. The molecule has 1 aromatic heterocycles. The molecule has 0 radical (unpaired) electrons. The van der Waals surface area contributed by atoms with Gasteiger partial charge in [-0.3, -0.25) is 9.69 Å². The van der Waals surface area contributed by atoms with Gasteiger partial charge in [-0.25, -0.2) is 0 Å². The first-order valence-electron chi connectivity index (χ1n) is 13.7. The van der Waals surface area contributed by atoms with Crippen LogP contribution in [0.15, 0.2) is 85.1 Å². The normalized spacial score (nSPS) is 18.6. The molecule has 3 aromatic carbocycles. The summed E-state index contributed by atoms with van der Waals surface area (Å²) in [6.07, 6.45) is 4.06. The number of fused-ring (bicyclic) bond motifs is 1. The molecule has 1 aliphatic rings. The Kier molecular flexibility index (Phi) is 8.93. The Labute approximate surface area is 230 Å². The summed E-state index contributed by atoms with van der Waals surface area (Å²) in [4.78, 5) is 18.7. The number of methoxy groups -OCH3 is 1. The standard InChI is InChI=1S/C32H38N4O3/c1-39-29-10-7-24(8-11-29)20-33-21-28(37)22-36-16-14-25(17-23-5-3-2-4-6-23)18-31(36)35-32(38)27-9-12-30-26(19-27)13-15-34-30/h2-13,15,19,25,28,31,33-34,37H,14,16-18,20-22H2,1H3,(H,35,38). The summed E-state index contributed by atoms with van der Waals surface area (Å²) in [6, 6.07) is 26.2. The van der Waals surface area contributed by atoms with Gasteiger partial charge in [0.15, 0.2) is 0 Å². The lowest BCUT2D eigenvalue weighted by Crippen LogP contribution is -2.55. The van der Waals surface area contributed by atoms with Gasteiger partial charge in [0.05, 0.1) is 19.4 Å². The number of aliphatic hydroxyl groups is 1. The molecule has 0 saturated carbocycles. The highest BCUT2D eigenvalue weighted by Gasteiger charge is 2.31. The minimum absolute atomic E-state index is 0.0828. The van der Waals surface area contributed by atoms with Crippen LogP contribution in [0, 0.1) is 5.92 Å². The molecular formula is C32H38N4O3. The number of amides is 1. The number of aromatic nitrogens is 1. The number of nitrogens with one attached hydrogen (secondary N) is 3. The van der Waals surface area contributed by atoms with Crippen molar-refractivity contribution < 1.29 is 14.6 Å². The number of piperidine rings is 1. The van der Waals surface area contributed by atoms with Crippen molar-refractivity contribution in [2.45, 2.75) is 38.1 Å². The lowest BCUT2D eigenvalue weighted by atomic mass is 9.88. The number of nitrogens with zero attached hydrogens (tertiary/aromatic N) is 1. The Morgan fingerprint density at radius 2 is 1.90 bits per heavy atom. The van der Waals surface area contributed by atoms with E-state index < -0.39 is 6.10 Å². The third kappa shape index (κ3) is 7.26. The lowest BCUT2D eigenvalue weighted by Gasteiger charge is -2.40. The first-order chi connectivity index (χ1) is 19.1. The molecule has 1 fully saturated rings. The molecule has 1 saturated heterocycles. The van der Waals surface area contributed by atoms with E-state index in [0.717, 1.165) is 48.0 Å². The molecule has 39 heavy (non-hydrogen) atoms. The number of ether oxygens (including phenoxy) is 1. The number of carbonyl (C=O) groups excluding carboxylic acids is 1. The first kappa shape index (κ1) is 26.9. The van der Waals surface area contributed by atoms with Crippen molar-refractivity contribution in [1.82, 2.24) is 20.5 Å². The second-order valence-corrected chi connectivity index (χ2v) is 10.5. The Morgan fingerprint density at radius 1 is 1.08 bits per heavy atom. The largest absolute Gasteiger partial charge is 0.497 e. The number of benzene rings is 3. The van der Waals surface area contributed by atoms with E-state index in [2.05, 4.69) is 44.8 Å². The second-order valence-electron chi connectivity index (χ2n) is 10.5. The van der Waals surface area contributed by atoms with Crippen molar-refractivity contribution in [3.63, 3.8) is 0 Å². The van der Waals surface area contributed by atoms with Crippen LogP contribution in [0.25, 0.3) is 10.9 Å². The average molecular weight is 527 g/mol. The van der Waals surface area contributed by atoms with Gasteiger partial charge in [0.25, 0.3) is 5.91 Å². The average Bonchev–Trinajstić information content (AvgIpc) is 3.43. The summed E-state index contributed by atoms with van der Waals surface area (Å²) in [5.74, 6) is 1.21. The zero-order valence-electron chi connectivity index (χ0n) is 22.5. The van der Waals surface area contributed by atoms with Crippen LogP contribution in [-0.2, 0) is 13.0 Å². The number of aromatic amines is 1. The Morgan fingerprint density at radius 3 is 2.69 bits per heavy atom. The molecular weight excluding hydrogens is 488 g/mol. The van der Waals surface area contributed by atoms with Gasteiger partial charge >= 0.3 is 0 Å². The van der Waals surface area contributed by atoms with Gasteiger partial charge < -0.3 is 25.5 Å². The van der Waals surface area contributed by atoms with Gasteiger partial charge in [0.1, 0.15) is 5.75 Å². The van der Waals surface area contributed by atoms with Gasteiger partial charge in [0, 0.05) is 48.8 Å². The molecule has 5 rings (SSSR count). The maximum Gasteiger partial charge on any atom is 0.252 e. The molecule has 4 N–H and O–H groups in total. The molecule has 7 heteroatoms. The quantitative estimate of drug-likeness (QED) is 0.234. The van der Waals surface area contributed by atoms with E-state index in [1.165, 1.54) is 5.56 Å². The number of aliphatic hydroxyl groups excluding tert-OH is 1. The smallest absolute Gasteiger partial charge is 0.252 e. The van der Waals surface area contributed by atoms with Crippen molar-refractivity contribution in [1.29, 1.82) is 0 Å². The minimum atomic E-state index is -0.551. The fraction of sp³-hybridized carbons (Fsp3) is 0.344.